The molecular formula is C22H21ClN2O. The van der Waals surface area contributed by atoms with Crippen molar-refractivity contribution in [2.75, 3.05) is 13.1 Å². The van der Waals surface area contributed by atoms with Gasteiger partial charge in [-0.3, -0.25) is 4.79 Å². The van der Waals surface area contributed by atoms with Gasteiger partial charge in [-0.25, -0.2) is 0 Å². The van der Waals surface area contributed by atoms with Gasteiger partial charge < -0.3 is 9.88 Å². The lowest BCUT2D eigenvalue weighted by Crippen LogP contribution is -2.34. The molecule has 0 unspecified atom stereocenters. The van der Waals surface area contributed by atoms with E-state index >= 15 is 0 Å². The van der Waals surface area contributed by atoms with Crippen molar-refractivity contribution in [1.29, 1.82) is 0 Å². The number of carbonyl (C=O) groups is 1. The van der Waals surface area contributed by atoms with Gasteiger partial charge in [0.2, 0.25) is 0 Å². The Balaban J connectivity index is 1.56. The third-order valence-corrected chi connectivity index (χ3v) is 5.48. The summed E-state index contributed by atoms with van der Waals surface area (Å²) in [7, 11) is 0. The van der Waals surface area contributed by atoms with Crippen molar-refractivity contribution < 1.29 is 4.79 Å². The quantitative estimate of drug-likeness (QED) is 0.652. The minimum absolute atomic E-state index is 0.102. The van der Waals surface area contributed by atoms with E-state index in [1.807, 2.05) is 54.4 Å². The number of halogens is 1. The molecule has 2 aromatic carbocycles. The van der Waals surface area contributed by atoms with Gasteiger partial charge in [-0.15, -0.1) is 0 Å². The Morgan fingerprint density at radius 1 is 1.12 bits per heavy atom. The van der Waals surface area contributed by atoms with E-state index in [2.05, 4.69) is 18.0 Å². The van der Waals surface area contributed by atoms with Crippen molar-refractivity contribution in [3.8, 4) is 0 Å². The van der Waals surface area contributed by atoms with Crippen molar-refractivity contribution in [2.45, 2.75) is 20.3 Å². The standard InChI is InChI=1S/C22H21ClN2O/c1-14-3-4-17(11-15(14)2)22(26)25-9-7-16(8-10-25)20-13-24-21-6-5-18(23)12-19(20)21/h3-7,11-13,24H,8-10H2,1-2H3. The zero-order valence-corrected chi connectivity index (χ0v) is 15.7. The monoisotopic (exact) mass is 364 g/mol. The van der Waals surface area contributed by atoms with Crippen LogP contribution in [0.3, 0.4) is 0 Å². The van der Waals surface area contributed by atoms with Gasteiger partial charge in [0.15, 0.2) is 0 Å². The molecule has 0 saturated carbocycles. The Morgan fingerprint density at radius 2 is 1.96 bits per heavy atom. The number of nitrogens with zero attached hydrogens (tertiary/aromatic N) is 1. The summed E-state index contributed by atoms with van der Waals surface area (Å²) in [4.78, 5) is 18.0. The third-order valence-electron chi connectivity index (χ3n) is 5.24. The fraction of sp³-hybridized carbons (Fsp3) is 0.227. The van der Waals surface area contributed by atoms with Gasteiger partial charge in [-0.2, -0.15) is 0 Å². The molecule has 2 heterocycles. The number of fused-ring (bicyclic) bond motifs is 1. The summed E-state index contributed by atoms with van der Waals surface area (Å²) in [5.41, 5.74) is 6.66. The highest BCUT2D eigenvalue weighted by molar-refractivity contribution is 6.31. The van der Waals surface area contributed by atoms with Gasteiger partial charge in [0, 0.05) is 46.3 Å². The van der Waals surface area contributed by atoms with Crippen LogP contribution in [0.5, 0.6) is 0 Å². The number of nitrogens with one attached hydrogen (secondary N) is 1. The molecule has 1 aliphatic heterocycles. The fourth-order valence-electron chi connectivity index (χ4n) is 3.51. The number of benzene rings is 2. The number of aryl methyl sites for hydroxylation is 2. The van der Waals surface area contributed by atoms with Crippen molar-refractivity contribution in [1.82, 2.24) is 9.88 Å². The number of aromatic nitrogens is 1. The van der Waals surface area contributed by atoms with Crippen molar-refractivity contribution >= 4 is 34.0 Å². The summed E-state index contributed by atoms with van der Waals surface area (Å²) >= 11 is 6.16. The normalized spacial score (nSPS) is 14.6. The van der Waals surface area contributed by atoms with Crippen LogP contribution in [0, 0.1) is 13.8 Å². The van der Waals surface area contributed by atoms with E-state index in [1.54, 1.807) is 0 Å². The second kappa shape index (κ2) is 6.65. The van der Waals surface area contributed by atoms with E-state index in [0.717, 1.165) is 40.0 Å². The smallest absolute Gasteiger partial charge is 0.254 e. The molecule has 0 atom stereocenters. The van der Waals surface area contributed by atoms with Gasteiger partial charge in [-0.1, -0.05) is 23.7 Å². The molecule has 0 aliphatic carbocycles. The molecule has 3 aromatic rings. The van der Waals surface area contributed by atoms with E-state index in [9.17, 15) is 4.79 Å². The summed E-state index contributed by atoms with van der Waals surface area (Å²) in [5, 5.41) is 1.87. The molecular weight excluding hydrogens is 344 g/mol. The molecule has 3 nitrogen and oxygen atoms in total. The van der Waals surface area contributed by atoms with Crippen LogP contribution in [-0.2, 0) is 0 Å². The van der Waals surface area contributed by atoms with Gasteiger partial charge >= 0.3 is 0 Å². The van der Waals surface area contributed by atoms with Crippen LogP contribution in [0.4, 0.5) is 0 Å². The highest BCUT2D eigenvalue weighted by atomic mass is 35.5. The molecule has 0 saturated heterocycles. The summed E-state index contributed by atoms with van der Waals surface area (Å²) in [6, 6.07) is 11.8. The summed E-state index contributed by atoms with van der Waals surface area (Å²) < 4.78 is 0. The average Bonchev–Trinajstić information content (AvgIpc) is 3.06. The predicted octanol–water partition coefficient (Wildman–Crippen LogP) is 5.37. The SMILES string of the molecule is Cc1ccc(C(=O)N2CC=C(c3c[nH]c4ccc(Cl)cc34)CC2)cc1C. The number of aromatic amines is 1. The van der Waals surface area contributed by atoms with Crippen LogP contribution in [0.25, 0.3) is 16.5 Å². The largest absolute Gasteiger partial charge is 0.361 e. The first-order valence-corrected chi connectivity index (χ1v) is 9.23. The van der Waals surface area contributed by atoms with E-state index in [0.29, 0.717) is 6.54 Å². The molecule has 1 N–H and O–H groups in total. The molecule has 1 aliphatic rings. The average molecular weight is 365 g/mol. The number of carbonyl (C=O) groups excluding carboxylic acids is 1. The van der Waals surface area contributed by atoms with Crippen LogP contribution in [0.2, 0.25) is 5.02 Å². The van der Waals surface area contributed by atoms with Crippen LogP contribution in [0.15, 0.2) is 48.7 Å². The maximum atomic E-state index is 12.8. The summed E-state index contributed by atoms with van der Waals surface area (Å²) in [6.45, 7) is 5.47. The molecule has 1 amide bonds. The highest BCUT2D eigenvalue weighted by Crippen LogP contribution is 2.31. The van der Waals surface area contributed by atoms with E-state index in [4.69, 9.17) is 11.6 Å². The first kappa shape index (κ1) is 16.9. The van der Waals surface area contributed by atoms with Crippen LogP contribution >= 0.6 is 11.6 Å². The molecule has 0 radical (unpaired) electrons. The minimum atomic E-state index is 0.102. The topological polar surface area (TPSA) is 36.1 Å². The number of hydrogen-bond donors (Lipinski definition) is 1. The molecule has 132 valence electrons. The number of hydrogen-bond acceptors (Lipinski definition) is 1. The minimum Gasteiger partial charge on any atom is -0.361 e. The van der Waals surface area contributed by atoms with Gasteiger partial charge in [0.05, 0.1) is 0 Å². The molecule has 1 aromatic heterocycles. The molecule has 26 heavy (non-hydrogen) atoms. The summed E-state index contributed by atoms with van der Waals surface area (Å²) in [5.74, 6) is 0.102. The highest BCUT2D eigenvalue weighted by Gasteiger charge is 2.20. The second-order valence-corrected chi connectivity index (χ2v) is 7.36. The Kier molecular flexibility index (Phi) is 4.33. The number of amides is 1. The fourth-order valence-corrected chi connectivity index (χ4v) is 3.69. The second-order valence-electron chi connectivity index (χ2n) is 6.92. The van der Waals surface area contributed by atoms with Crippen LogP contribution in [0.1, 0.15) is 33.5 Å². The lowest BCUT2D eigenvalue weighted by Gasteiger charge is -2.27. The van der Waals surface area contributed by atoms with Gasteiger partial charge in [0.1, 0.15) is 0 Å². The van der Waals surface area contributed by atoms with Crippen LogP contribution in [-0.4, -0.2) is 28.9 Å². The van der Waals surface area contributed by atoms with E-state index in [-0.39, 0.29) is 5.91 Å². The Labute approximate surface area is 158 Å². The van der Waals surface area contributed by atoms with Crippen molar-refractivity contribution in [3.05, 3.63) is 75.9 Å². The molecule has 0 fully saturated rings. The molecule has 0 bridgehead atoms. The lowest BCUT2D eigenvalue weighted by molar-refractivity contribution is 0.0773. The van der Waals surface area contributed by atoms with Gasteiger partial charge in [0.25, 0.3) is 5.91 Å². The molecule has 4 rings (SSSR count). The van der Waals surface area contributed by atoms with Crippen molar-refractivity contribution in [3.63, 3.8) is 0 Å². The summed E-state index contributed by atoms with van der Waals surface area (Å²) in [6.07, 6.45) is 5.04. The maximum Gasteiger partial charge on any atom is 0.254 e. The van der Waals surface area contributed by atoms with E-state index in [1.165, 1.54) is 16.7 Å². The third kappa shape index (κ3) is 3.04. The first-order valence-electron chi connectivity index (χ1n) is 8.85. The number of H-pyrrole nitrogens is 1. The first-order chi connectivity index (χ1) is 12.5. The lowest BCUT2D eigenvalue weighted by atomic mass is 9.98. The predicted molar refractivity (Wildman–Crippen MR) is 108 cm³/mol. The van der Waals surface area contributed by atoms with Crippen molar-refractivity contribution in [2.24, 2.45) is 0 Å². The zero-order valence-electron chi connectivity index (χ0n) is 15.0. The molecule has 0 spiro atoms. The number of rotatable bonds is 2. The molecule has 4 heteroatoms. The van der Waals surface area contributed by atoms with Gasteiger partial charge in [-0.05, 0) is 67.3 Å². The Bertz CT molecular complexity index is 1030. The Hall–Kier alpha value is -2.52. The maximum absolute atomic E-state index is 12.8. The van der Waals surface area contributed by atoms with Crippen LogP contribution < -0.4 is 0 Å². The zero-order chi connectivity index (χ0) is 18.3. The van der Waals surface area contributed by atoms with E-state index < -0.39 is 0 Å². The Morgan fingerprint density at radius 3 is 2.69 bits per heavy atom.